The summed E-state index contributed by atoms with van der Waals surface area (Å²) in [5.41, 5.74) is 4.64. The highest BCUT2D eigenvalue weighted by molar-refractivity contribution is 5.87. The fraction of sp³-hybridized carbons (Fsp3) is 0.500. The van der Waals surface area contributed by atoms with Crippen LogP contribution in [0.25, 0.3) is 10.9 Å². The monoisotopic (exact) mass is 240 g/mol. The first-order valence-electron chi connectivity index (χ1n) is 7.22. The van der Waals surface area contributed by atoms with Crippen LogP contribution in [-0.2, 0) is 19.4 Å². The standard InChI is InChI=1S/C16H20N2/c1-3-13-4-2-8-18-11-14(15(5-1)16(13)18)9-12-6-7-17-10-12/h1,3,5,11-12,17H,2,4,6-10H2. The Hall–Kier alpha value is -1.28. The summed E-state index contributed by atoms with van der Waals surface area (Å²) >= 11 is 0. The zero-order valence-electron chi connectivity index (χ0n) is 10.8. The Bertz CT molecular complexity index is 576. The van der Waals surface area contributed by atoms with Crippen LogP contribution >= 0.6 is 0 Å². The molecular formula is C16H20N2. The van der Waals surface area contributed by atoms with Crippen molar-refractivity contribution < 1.29 is 0 Å². The molecule has 2 aromatic rings. The maximum absolute atomic E-state index is 3.48. The van der Waals surface area contributed by atoms with Gasteiger partial charge in [-0.25, -0.2) is 0 Å². The predicted octanol–water partition coefficient (Wildman–Crippen LogP) is 2.74. The minimum atomic E-state index is 0.841. The molecule has 0 bridgehead atoms. The molecule has 1 fully saturated rings. The largest absolute Gasteiger partial charge is 0.347 e. The lowest BCUT2D eigenvalue weighted by Gasteiger charge is -2.14. The van der Waals surface area contributed by atoms with E-state index in [0.29, 0.717) is 0 Å². The first-order valence-corrected chi connectivity index (χ1v) is 7.22. The van der Waals surface area contributed by atoms with Crippen molar-refractivity contribution in [2.75, 3.05) is 13.1 Å². The Morgan fingerprint density at radius 2 is 2.33 bits per heavy atom. The maximum atomic E-state index is 3.48. The van der Waals surface area contributed by atoms with Crippen LogP contribution in [0.2, 0.25) is 0 Å². The van der Waals surface area contributed by atoms with Gasteiger partial charge < -0.3 is 9.88 Å². The summed E-state index contributed by atoms with van der Waals surface area (Å²) in [5.74, 6) is 0.841. The Labute approximate surface area is 108 Å². The van der Waals surface area contributed by atoms with E-state index in [2.05, 4.69) is 34.3 Å². The van der Waals surface area contributed by atoms with Gasteiger partial charge >= 0.3 is 0 Å². The van der Waals surface area contributed by atoms with Gasteiger partial charge in [-0.3, -0.25) is 0 Å². The molecule has 1 aromatic carbocycles. The number of para-hydroxylation sites is 1. The molecule has 0 saturated carbocycles. The van der Waals surface area contributed by atoms with Crippen LogP contribution in [-0.4, -0.2) is 17.7 Å². The highest BCUT2D eigenvalue weighted by atomic mass is 15.0. The molecule has 1 atom stereocenters. The van der Waals surface area contributed by atoms with Gasteiger partial charge in [0.1, 0.15) is 0 Å². The minimum Gasteiger partial charge on any atom is -0.347 e. The third-order valence-corrected chi connectivity index (χ3v) is 4.58. The third-order valence-electron chi connectivity index (χ3n) is 4.58. The molecule has 18 heavy (non-hydrogen) atoms. The van der Waals surface area contributed by atoms with Crippen molar-refractivity contribution >= 4 is 10.9 Å². The van der Waals surface area contributed by atoms with Crippen molar-refractivity contribution in [1.82, 2.24) is 9.88 Å². The lowest BCUT2D eigenvalue weighted by molar-refractivity contribution is 0.578. The summed E-state index contributed by atoms with van der Waals surface area (Å²) in [6, 6.07) is 6.86. The normalized spacial score (nSPS) is 22.8. The lowest BCUT2D eigenvalue weighted by atomic mass is 9.97. The Kier molecular flexibility index (Phi) is 2.44. The molecule has 4 rings (SSSR count). The molecule has 2 aliphatic rings. The predicted molar refractivity (Wildman–Crippen MR) is 74.9 cm³/mol. The average Bonchev–Trinajstić information content (AvgIpc) is 3.01. The highest BCUT2D eigenvalue weighted by Gasteiger charge is 2.20. The van der Waals surface area contributed by atoms with Gasteiger partial charge in [0, 0.05) is 18.1 Å². The number of rotatable bonds is 2. The number of aromatic nitrogens is 1. The maximum Gasteiger partial charge on any atom is 0.0515 e. The Balaban J connectivity index is 1.79. The van der Waals surface area contributed by atoms with Crippen LogP contribution in [0.4, 0.5) is 0 Å². The molecule has 2 aliphatic heterocycles. The van der Waals surface area contributed by atoms with E-state index in [-0.39, 0.29) is 0 Å². The summed E-state index contributed by atoms with van der Waals surface area (Å²) in [4.78, 5) is 0. The minimum absolute atomic E-state index is 0.841. The number of hydrogen-bond donors (Lipinski definition) is 1. The van der Waals surface area contributed by atoms with E-state index in [0.717, 1.165) is 5.92 Å². The van der Waals surface area contributed by atoms with Crippen molar-refractivity contribution in [3.63, 3.8) is 0 Å². The summed E-state index contributed by atoms with van der Waals surface area (Å²) in [6.45, 7) is 3.61. The van der Waals surface area contributed by atoms with Crippen molar-refractivity contribution in [2.24, 2.45) is 5.92 Å². The van der Waals surface area contributed by atoms with Gasteiger partial charge in [0.05, 0.1) is 5.52 Å². The van der Waals surface area contributed by atoms with E-state index < -0.39 is 0 Å². The number of nitrogens with zero attached hydrogens (tertiary/aromatic N) is 1. The molecule has 3 heterocycles. The number of nitrogens with one attached hydrogen (secondary N) is 1. The number of hydrogen-bond acceptors (Lipinski definition) is 1. The van der Waals surface area contributed by atoms with Gasteiger partial charge in [-0.1, -0.05) is 18.2 Å². The summed E-state index contributed by atoms with van der Waals surface area (Å²) in [5, 5.41) is 4.99. The number of benzene rings is 1. The highest BCUT2D eigenvalue weighted by Crippen LogP contribution is 2.31. The zero-order valence-corrected chi connectivity index (χ0v) is 10.8. The van der Waals surface area contributed by atoms with Crippen LogP contribution in [0.1, 0.15) is 24.0 Å². The van der Waals surface area contributed by atoms with E-state index in [4.69, 9.17) is 0 Å². The van der Waals surface area contributed by atoms with Crippen LogP contribution in [0, 0.1) is 5.92 Å². The number of aryl methyl sites for hydroxylation is 2. The first kappa shape index (κ1) is 10.6. The second kappa shape index (κ2) is 4.13. The molecule has 1 saturated heterocycles. The van der Waals surface area contributed by atoms with Crippen molar-refractivity contribution in [3.05, 3.63) is 35.5 Å². The molecular weight excluding hydrogens is 220 g/mol. The van der Waals surface area contributed by atoms with Crippen LogP contribution in [0.3, 0.4) is 0 Å². The second-order valence-electron chi connectivity index (χ2n) is 5.83. The van der Waals surface area contributed by atoms with Gasteiger partial charge in [0.25, 0.3) is 0 Å². The molecule has 0 radical (unpaired) electrons. The smallest absolute Gasteiger partial charge is 0.0515 e. The molecule has 1 N–H and O–H groups in total. The van der Waals surface area contributed by atoms with Crippen LogP contribution < -0.4 is 5.32 Å². The zero-order chi connectivity index (χ0) is 11.9. The third kappa shape index (κ3) is 1.59. The van der Waals surface area contributed by atoms with Crippen LogP contribution in [0.5, 0.6) is 0 Å². The summed E-state index contributed by atoms with van der Waals surface area (Å²) in [6.07, 6.45) is 7.56. The molecule has 94 valence electrons. The van der Waals surface area contributed by atoms with E-state index in [9.17, 15) is 0 Å². The van der Waals surface area contributed by atoms with E-state index in [1.54, 1.807) is 11.1 Å². The average molecular weight is 240 g/mol. The summed E-state index contributed by atoms with van der Waals surface area (Å²) < 4.78 is 2.49. The second-order valence-corrected chi connectivity index (χ2v) is 5.83. The van der Waals surface area contributed by atoms with Crippen molar-refractivity contribution in [2.45, 2.75) is 32.2 Å². The van der Waals surface area contributed by atoms with Gasteiger partial charge in [-0.2, -0.15) is 0 Å². The molecule has 1 aromatic heterocycles. The molecule has 2 nitrogen and oxygen atoms in total. The van der Waals surface area contributed by atoms with E-state index in [1.807, 2.05) is 0 Å². The van der Waals surface area contributed by atoms with Crippen LogP contribution in [0.15, 0.2) is 24.4 Å². The molecule has 0 amide bonds. The lowest BCUT2D eigenvalue weighted by Crippen LogP contribution is -2.10. The van der Waals surface area contributed by atoms with Gasteiger partial charge in [-0.15, -0.1) is 0 Å². The molecule has 0 spiro atoms. The quantitative estimate of drug-likeness (QED) is 0.854. The van der Waals surface area contributed by atoms with Gasteiger partial charge in [0.2, 0.25) is 0 Å². The SMILES string of the molecule is c1cc2c3c(c1)c(CC1CCNC1)cn3CCC2. The first-order chi connectivity index (χ1) is 8.92. The topological polar surface area (TPSA) is 17.0 Å². The molecule has 2 heteroatoms. The van der Waals surface area contributed by atoms with Gasteiger partial charge in [0.15, 0.2) is 0 Å². The Morgan fingerprint density at radius 3 is 3.22 bits per heavy atom. The molecule has 1 unspecified atom stereocenters. The fourth-order valence-corrected chi connectivity index (χ4v) is 3.69. The Morgan fingerprint density at radius 1 is 1.33 bits per heavy atom. The van der Waals surface area contributed by atoms with E-state index >= 15 is 0 Å². The van der Waals surface area contributed by atoms with Crippen molar-refractivity contribution in [1.29, 1.82) is 0 Å². The molecule has 0 aliphatic carbocycles. The van der Waals surface area contributed by atoms with Crippen molar-refractivity contribution in [3.8, 4) is 0 Å². The fourth-order valence-electron chi connectivity index (χ4n) is 3.69. The van der Waals surface area contributed by atoms with E-state index in [1.165, 1.54) is 56.2 Å². The summed E-state index contributed by atoms with van der Waals surface area (Å²) in [7, 11) is 0. The van der Waals surface area contributed by atoms with Gasteiger partial charge in [-0.05, 0) is 55.8 Å².